The Balaban J connectivity index is 2.25. The standard InChI is InChI=1S/C13H21N3O3/c1-3-5-11-12(13(17)18)14-15-16(11)9-6-4-7-10(8-9)19-2/h9-10H,3-8H2,1-2H3,(H,17,18). The molecule has 0 bridgehead atoms. The number of hydrogen-bond donors (Lipinski definition) is 1. The van der Waals surface area contributed by atoms with E-state index in [1.807, 2.05) is 11.6 Å². The van der Waals surface area contributed by atoms with Crippen LogP contribution in [0.15, 0.2) is 0 Å². The lowest BCUT2D eigenvalue weighted by Crippen LogP contribution is -2.26. The molecule has 19 heavy (non-hydrogen) atoms. The summed E-state index contributed by atoms with van der Waals surface area (Å²) in [6.45, 7) is 2.03. The average Bonchev–Trinajstić information content (AvgIpc) is 2.83. The maximum atomic E-state index is 11.2. The van der Waals surface area contributed by atoms with E-state index in [1.54, 1.807) is 7.11 Å². The first-order valence-corrected chi connectivity index (χ1v) is 6.87. The zero-order chi connectivity index (χ0) is 13.8. The SMILES string of the molecule is CCCc1c(C(=O)O)nnn1C1CCCC(OC)C1. The van der Waals surface area contributed by atoms with E-state index in [4.69, 9.17) is 9.84 Å². The van der Waals surface area contributed by atoms with Crippen molar-refractivity contribution >= 4 is 5.97 Å². The first kappa shape index (κ1) is 14.0. The lowest BCUT2D eigenvalue weighted by atomic mass is 9.92. The molecule has 0 aromatic carbocycles. The second-order valence-corrected chi connectivity index (χ2v) is 5.06. The molecule has 6 heteroatoms. The van der Waals surface area contributed by atoms with E-state index in [-0.39, 0.29) is 17.8 Å². The van der Waals surface area contributed by atoms with Crippen LogP contribution in [-0.2, 0) is 11.2 Å². The molecule has 1 heterocycles. The Morgan fingerprint density at radius 1 is 1.53 bits per heavy atom. The van der Waals surface area contributed by atoms with Gasteiger partial charge in [0.2, 0.25) is 0 Å². The Labute approximate surface area is 112 Å². The molecule has 0 radical (unpaired) electrons. The third-order valence-corrected chi connectivity index (χ3v) is 3.76. The zero-order valence-electron chi connectivity index (χ0n) is 11.5. The van der Waals surface area contributed by atoms with E-state index in [0.717, 1.165) is 37.8 Å². The van der Waals surface area contributed by atoms with E-state index in [2.05, 4.69) is 10.3 Å². The van der Waals surface area contributed by atoms with E-state index in [0.29, 0.717) is 6.42 Å². The van der Waals surface area contributed by atoms with Crippen LogP contribution >= 0.6 is 0 Å². The van der Waals surface area contributed by atoms with Gasteiger partial charge in [0.05, 0.1) is 17.8 Å². The van der Waals surface area contributed by atoms with Crippen molar-refractivity contribution in [2.75, 3.05) is 7.11 Å². The van der Waals surface area contributed by atoms with Crippen LogP contribution in [-0.4, -0.2) is 39.3 Å². The maximum absolute atomic E-state index is 11.2. The first-order valence-electron chi connectivity index (χ1n) is 6.87. The van der Waals surface area contributed by atoms with Crippen molar-refractivity contribution in [3.05, 3.63) is 11.4 Å². The van der Waals surface area contributed by atoms with Crippen LogP contribution in [0, 0.1) is 0 Å². The molecule has 0 spiro atoms. The van der Waals surface area contributed by atoms with Crippen molar-refractivity contribution in [2.45, 2.75) is 57.6 Å². The Kier molecular flexibility index (Phi) is 4.52. The van der Waals surface area contributed by atoms with Crippen LogP contribution in [0.4, 0.5) is 0 Å². The molecule has 1 aliphatic carbocycles. The molecule has 0 saturated heterocycles. The van der Waals surface area contributed by atoms with Gasteiger partial charge in [-0.05, 0) is 32.1 Å². The predicted octanol–water partition coefficient (Wildman–Crippen LogP) is 2.06. The Morgan fingerprint density at radius 2 is 2.32 bits per heavy atom. The molecule has 6 nitrogen and oxygen atoms in total. The van der Waals surface area contributed by atoms with Crippen LogP contribution < -0.4 is 0 Å². The number of hydrogen-bond acceptors (Lipinski definition) is 4. The summed E-state index contributed by atoms with van der Waals surface area (Å²) in [7, 11) is 1.73. The number of rotatable bonds is 5. The summed E-state index contributed by atoms with van der Waals surface area (Å²) < 4.78 is 7.24. The van der Waals surface area contributed by atoms with Crippen molar-refractivity contribution in [3.63, 3.8) is 0 Å². The summed E-state index contributed by atoms with van der Waals surface area (Å²) in [6, 6.07) is 0.209. The van der Waals surface area contributed by atoms with Crippen molar-refractivity contribution in [2.24, 2.45) is 0 Å². The van der Waals surface area contributed by atoms with Crippen LogP contribution in [0.25, 0.3) is 0 Å². The van der Waals surface area contributed by atoms with E-state index in [9.17, 15) is 4.79 Å². The monoisotopic (exact) mass is 267 g/mol. The van der Waals surface area contributed by atoms with Crippen molar-refractivity contribution in [3.8, 4) is 0 Å². The molecular weight excluding hydrogens is 246 g/mol. The minimum Gasteiger partial charge on any atom is -0.476 e. The maximum Gasteiger partial charge on any atom is 0.358 e. The third kappa shape index (κ3) is 2.94. The van der Waals surface area contributed by atoms with E-state index < -0.39 is 5.97 Å². The molecule has 0 amide bonds. The number of aromatic nitrogens is 3. The van der Waals surface area contributed by atoms with Crippen LogP contribution in [0.3, 0.4) is 0 Å². The largest absolute Gasteiger partial charge is 0.476 e. The average molecular weight is 267 g/mol. The Hall–Kier alpha value is -1.43. The highest BCUT2D eigenvalue weighted by atomic mass is 16.5. The molecule has 2 atom stereocenters. The van der Waals surface area contributed by atoms with Gasteiger partial charge in [0, 0.05) is 7.11 Å². The second kappa shape index (κ2) is 6.14. The fraction of sp³-hybridized carbons (Fsp3) is 0.769. The molecular formula is C13H21N3O3. The molecule has 1 aliphatic rings. The van der Waals surface area contributed by atoms with Crippen LogP contribution in [0.5, 0.6) is 0 Å². The summed E-state index contributed by atoms with van der Waals surface area (Å²) in [5.41, 5.74) is 0.846. The van der Waals surface area contributed by atoms with Crippen LogP contribution in [0.2, 0.25) is 0 Å². The van der Waals surface area contributed by atoms with Gasteiger partial charge in [-0.15, -0.1) is 5.10 Å². The number of carboxylic acid groups (broad SMARTS) is 1. The third-order valence-electron chi connectivity index (χ3n) is 3.76. The lowest BCUT2D eigenvalue weighted by molar-refractivity contribution is 0.0499. The minimum absolute atomic E-state index is 0.0985. The fourth-order valence-corrected chi connectivity index (χ4v) is 2.80. The number of ether oxygens (including phenoxy) is 1. The summed E-state index contributed by atoms with van der Waals surface area (Å²) in [6.07, 6.45) is 5.87. The van der Waals surface area contributed by atoms with Gasteiger partial charge in [-0.1, -0.05) is 18.6 Å². The zero-order valence-corrected chi connectivity index (χ0v) is 11.5. The Morgan fingerprint density at radius 3 is 2.95 bits per heavy atom. The highest BCUT2D eigenvalue weighted by Gasteiger charge is 2.28. The first-order chi connectivity index (χ1) is 9.17. The molecule has 2 rings (SSSR count). The van der Waals surface area contributed by atoms with Gasteiger partial charge >= 0.3 is 5.97 Å². The number of carbonyl (C=O) groups is 1. The van der Waals surface area contributed by atoms with Gasteiger partial charge in [-0.3, -0.25) is 0 Å². The van der Waals surface area contributed by atoms with Crippen molar-refractivity contribution < 1.29 is 14.6 Å². The lowest BCUT2D eigenvalue weighted by Gasteiger charge is -2.29. The van der Waals surface area contributed by atoms with Gasteiger partial charge in [0.15, 0.2) is 5.69 Å². The molecule has 0 aliphatic heterocycles. The van der Waals surface area contributed by atoms with Crippen molar-refractivity contribution in [1.29, 1.82) is 0 Å². The van der Waals surface area contributed by atoms with Crippen molar-refractivity contribution in [1.82, 2.24) is 15.0 Å². The summed E-state index contributed by atoms with van der Waals surface area (Å²) in [5.74, 6) is -0.992. The second-order valence-electron chi connectivity index (χ2n) is 5.06. The van der Waals surface area contributed by atoms with Gasteiger partial charge in [0.1, 0.15) is 0 Å². The highest BCUT2D eigenvalue weighted by molar-refractivity contribution is 5.86. The minimum atomic E-state index is -0.992. The number of nitrogens with zero attached hydrogens (tertiary/aromatic N) is 3. The predicted molar refractivity (Wildman–Crippen MR) is 69.3 cm³/mol. The highest BCUT2D eigenvalue weighted by Crippen LogP contribution is 2.31. The smallest absolute Gasteiger partial charge is 0.358 e. The number of aromatic carboxylic acids is 1. The molecule has 1 aromatic heterocycles. The van der Waals surface area contributed by atoms with E-state index >= 15 is 0 Å². The number of carboxylic acids is 1. The quantitative estimate of drug-likeness (QED) is 0.883. The van der Waals surface area contributed by atoms with Gasteiger partial charge in [-0.25, -0.2) is 9.48 Å². The van der Waals surface area contributed by atoms with Gasteiger partial charge in [-0.2, -0.15) is 0 Å². The molecule has 106 valence electrons. The molecule has 1 saturated carbocycles. The van der Waals surface area contributed by atoms with E-state index in [1.165, 1.54) is 0 Å². The van der Waals surface area contributed by atoms with Gasteiger partial charge < -0.3 is 9.84 Å². The fourth-order valence-electron chi connectivity index (χ4n) is 2.80. The molecule has 1 aromatic rings. The van der Waals surface area contributed by atoms with Crippen LogP contribution in [0.1, 0.15) is 61.3 Å². The Bertz CT molecular complexity index is 444. The summed E-state index contributed by atoms with van der Waals surface area (Å²) in [4.78, 5) is 11.2. The summed E-state index contributed by atoms with van der Waals surface area (Å²) >= 11 is 0. The molecule has 1 fully saturated rings. The topological polar surface area (TPSA) is 77.2 Å². The molecule has 1 N–H and O–H groups in total. The normalized spacial score (nSPS) is 23.5. The summed E-state index contributed by atoms with van der Waals surface area (Å²) in [5, 5.41) is 17.1. The van der Waals surface area contributed by atoms with Gasteiger partial charge in [0.25, 0.3) is 0 Å². The molecule has 2 unspecified atom stereocenters. The number of methoxy groups -OCH3 is 1.